The third-order valence-corrected chi connectivity index (χ3v) is 4.48. The first-order valence-electron chi connectivity index (χ1n) is 8.21. The SMILES string of the molecule is CC(C)[C@@H](NC(=O)Nc1cccc2c1CCC2)c1nccn1C. The molecule has 1 heterocycles. The predicted molar refractivity (Wildman–Crippen MR) is 91.4 cm³/mol. The van der Waals surface area contributed by atoms with Crippen LogP contribution >= 0.6 is 0 Å². The van der Waals surface area contributed by atoms with Crippen molar-refractivity contribution in [2.24, 2.45) is 13.0 Å². The minimum atomic E-state index is -0.174. The standard InChI is InChI=1S/C18H24N4O/c1-12(2)16(17-19-10-11-22(17)3)21-18(23)20-15-9-5-7-13-6-4-8-14(13)15/h5,7,9-12,16H,4,6,8H2,1-3H3,(H2,20,21,23)/t16-/m1/s1. The lowest BCUT2D eigenvalue weighted by Gasteiger charge is -2.22. The maximum atomic E-state index is 12.5. The third kappa shape index (κ3) is 3.23. The van der Waals surface area contributed by atoms with E-state index in [9.17, 15) is 4.79 Å². The van der Waals surface area contributed by atoms with Gasteiger partial charge in [0, 0.05) is 25.1 Å². The van der Waals surface area contributed by atoms with Crippen molar-refractivity contribution in [1.82, 2.24) is 14.9 Å². The Hall–Kier alpha value is -2.30. The van der Waals surface area contributed by atoms with Crippen LogP contribution in [0.1, 0.15) is 43.3 Å². The first kappa shape index (κ1) is 15.6. The molecular formula is C18H24N4O. The fraction of sp³-hybridized carbons (Fsp3) is 0.444. The summed E-state index contributed by atoms with van der Waals surface area (Å²) < 4.78 is 1.95. The van der Waals surface area contributed by atoms with Gasteiger partial charge < -0.3 is 15.2 Å². The largest absolute Gasteiger partial charge is 0.336 e. The minimum Gasteiger partial charge on any atom is -0.336 e. The lowest BCUT2D eigenvalue weighted by atomic mass is 10.0. The molecule has 3 rings (SSSR count). The number of carbonyl (C=O) groups is 1. The molecule has 0 radical (unpaired) electrons. The summed E-state index contributed by atoms with van der Waals surface area (Å²) in [6.07, 6.45) is 6.97. The van der Waals surface area contributed by atoms with Crippen molar-refractivity contribution < 1.29 is 4.79 Å². The number of fused-ring (bicyclic) bond motifs is 1. The highest BCUT2D eigenvalue weighted by molar-refractivity contribution is 5.90. The van der Waals surface area contributed by atoms with Crippen LogP contribution in [0.5, 0.6) is 0 Å². The van der Waals surface area contributed by atoms with Crippen molar-refractivity contribution in [1.29, 1.82) is 0 Å². The van der Waals surface area contributed by atoms with Gasteiger partial charge in [-0.3, -0.25) is 0 Å². The van der Waals surface area contributed by atoms with E-state index in [4.69, 9.17) is 0 Å². The molecule has 1 aliphatic carbocycles. The molecular weight excluding hydrogens is 288 g/mol. The van der Waals surface area contributed by atoms with E-state index in [-0.39, 0.29) is 18.0 Å². The van der Waals surface area contributed by atoms with Gasteiger partial charge >= 0.3 is 6.03 Å². The molecule has 0 fully saturated rings. The Kier molecular flexibility index (Phi) is 4.37. The molecule has 1 aliphatic rings. The molecule has 0 saturated carbocycles. The summed E-state index contributed by atoms with van der Waals surface area (Å²) in [4.78, 5) is 16.9. The van der Waals surface area contributed by atoms with E-state index in [1.54, 1.807) is 6.20 Å². The van der Waals surface area contributed by atoms with Crippen molar-refractivity contribution >= 4 is 11.7 Å². The second kappa shape index (κ2) is 6.44. The van der Waals surface area contributed by atoms with Gasteiger partial charge in [-0.1, -0.05) is 26.0 Å². The predicted octanol–water partition coefficient (Wildman–Crippen LogP) is 3.43. The molecule has 5 heteroatoms. The van der Waals surface area contributed by atoms with Crippen molar-refractivity contribution in [3.63, 3.8) is 0 Å². The number of hydrogen-bond donors (Lipinski definition) is 2. The van der Waals surface area contributed by atoms with E-state index >= 15 is 0 Å². The molecule has 2 amide bonds. The molecule has 5 nitrogen and oxygen atoms in total. The first-order valence-corrected chi connectivity index (χ1v) is 8.21. The number of hydrogen-bond acceptors (Lipinski definition) is 2. The summed E-state index contributed by atoms with van der Waals surface area (Å²) in [7, 11) is 1.95. The van der Waals surface area contributed by atoms with E-state index in [2.05, 4.69) is 35.5 Å². The van der Waals surface area contributed by atoms with Crippen LogP contribution in [0.25, 0.3) is 0 Å². The summed E-state index contributed by atoms with van der Waals surface area (Å²) in [5, 5.41) is 6.09. The van der Waals surface area contributed by atoms with E-state index in [0.29, 0.717) is 0 Å². The van der Waals surface area contributed by atoms with Crippen LogP contribution in [0.15, 0.2) is 30.6 Å². The van der Waals surface area contributed by atoms with Crippen LogP contribution in [0.3, 0.4) is 0 Å². The molecule has 122 valence electrons. The smallest absolute Gasteiger partial charge is 0.319 e. The molecule has 1 aromatic heterocycles. The summed E-state index contributed by atoms with van der Waals surface area (Å²) in [6.45, 7) is 4.17. The molecule has 0 aliphatic heterocycles. The molecule has 0 saturated heterocycles. The van der Waals surface area contributed by atoms with Crippen LogP contribution in [-0.4, -0.2) is 15.6 Å². The maximum Gasteiger partial charge on any atom is 0.319 e. The summed E-state index contributed by atoms with van der Waals surface area (Å²) >= 11 is 0. The number of nitrogens with one attached hydrogen (secondary N) is 2. The van der Waals surface area contributed by atoms with Crippen LogP contribution < -0.4 is 10.6 Å². The topological polar surface area (TPSA) is 59.0 Å². The summed E-state index contributed by atoms with van der Waals surface area (Å²) in [5.41, 5.74) is 3.56. The van der Waals surface area contributed by atoms with Crippen molar-refractivity contribution in [3.8, 4) is 0 Å². The lowest BCUT2D eigenvalue weighted by Crippen LogP contribution is -2.36. The van der Waals surface area contributed by atoms with Gasteiger partial charge in [0.05, 0.1) is 6.04 Å². The number of rotatable bonds is 4. The van der Waals surface area contributed by atoms with Crippen LogP contribution in [0, 0.1) is 5.92 Å². The molecule has 0 spiro atoms. The molecule has 2 aromatic rings. The Labute approximate surface area is 137 Å². The first-order chi connectivity index (χ1) is 11.1. The number of nitrogens with zero attached hydrogens (tertiary/aromatic N) is 2. The quantitative estimate of drug-likeness (QED) is 0.908. The van der Waals surface area contributed by atoms with Gasteiger partial charge in [-0.2, -0.15) is 0 Å². The molecule has 1 aromatic carbocycles. The molecule has 1 atom stereocenters. The molecule has 0 bridgehead atoms. The Morgan fingerprint density at radius 1 is 1.30 bits per heavy atom. The zero-order valence-electron chi connectivity index (χ0n) is 14.0. The monoisotopic (exact) mass is 312 g/mol. The number of anilines is 1. The number of amides is 2. The number of aromatic nitrogens is 2. The van der Waals surface area contributed by atoms with Gasteiger partial charge in [0.2, 0.25) is 0 Å². The highest BCUT2D eigenvalue weighted by Gasteiger charge is 2.23. The fourth-order valence-electron chi connectivity index (χ4n) is 3.24. The number of urea groups is 1. The van der Waals surface area contributed by atoms with E-state index in [1.807, 2.05) is 29.9 Å². The lowest BCUT2D eigenvalue weighted by molar-refractivity contribution is 0.243. The van der Waals surface area contributed by atoms with Gasteiger partial charge in [-0.05, 0) is 42.4 Å². The van der Waals surface area contributed by atoms with Crippen LogP contribution in [0.2, 0.25) is 0 Å². The Morgan fingerprint density at radius 3 is 2.83 bits per heavy atom. The van der Waals surface area contributed by atoms with Gasteiger partial charge in [0.15, 0.2) is 0 Å². The normalized spacial score (nSPS) is 14.6. The average molecular weight is 312 g/mol. The molecule has 2 N–H and O–H groups in total. The van der Waals surface area contributed by atoms with E-state index < -0.39 is 0 Å². The maximum absolute atomic E-state index is 12.5. The van der Waals surface area contributed by atoms with E-state index in [0.717, 1.165) is 30.8 Å². The molecule has 23 heavy (non-hydrogen) atoms. The number of imidazole rings is 1. The number of benzene rings is 1. The van der Waals surface area contributed by atoms with Gasteiger partial charge in [0.1, 0.15) is 5.82 Å². The average Bonchev–Trinajstić information content (AvgIpc) is 3.14. The zero-order valence-corrected chi connectivity index (χ0v) is 14.0. The highest BCUT2D eigenvalue weighted by Crippen LogP contribution is 2.29. The Balaban J connectivity index is 1.74. The summed E-state index contributed by atoms with van der Waals surface area (Å²) in [5.74, 6) is 1.12. The Morgan fingerprint density at radius 2 is 2.13 bits per heavy atom. The highest BCUT2D eigenvalue weighted by atomic mass is 16.2. The van der Waals surface area contributed by atoms with Crippen LogP contribution in [0.4, 0.5) is 10.5 Å². The van der Waals surface area contributed by atoms with Crippen molar-refractivity contribution in [3.05, 3.63) is 47.5 Å². The van der Waals surface area contributed by atoms with E-state index in [1.165, 1.54) is 11.1 Å². The second-order valence-electron chi connectivity index (χ2n) is 6.51. The zero-order chi connectivity index (χ0) is 16.4. The number of carbonyl (C=O) groups excluding carboxylic acids is 1. The van der Waals surface area contributed by atoms with Crippen molar-refractivity contribution in [2.75, 3.05) is 5.32 Å². The van der Waals surface area contributed by atoms with Gasteiger partial charge in [-0.15, -0.1) is 0 Å². The summed E-state index contributed by atoms with van der Waals surface area (Å²) in [6, 6.07) is 5.85. The van der Waals surface area contributed by atoms with Gasteiger partial charge in [-0.25, -0.2) is 9.78 Å². The third-order valence-electron chi connectivity index (χ3n) is 4.48. The Bertz CT molecular complexity index is 705. The van der Waals surface area contributed by atoms with Crippen LogP contribution in [-0.2, 0) is 19.9 Å². The van der Waals surface area contributed by atoms with Gasteiger partial charge in [0.25, 0.3) is 0 Å². The fourth-order valence-corrected chi connectivity index (χ4v) is 3.24. The van der Waals surface area contributed by atoms with Crippen molar-refractivity contribution in [2.45, 2.75) is 39.2 Å². The second-order valence-corrected chi connectivity index (χ2v) is 6.51. The minimum absolute atomic E-state index is 0.119. The molecule has 0 unspecified atom stereocenters. The number of aryl methyl sites for hydroxylation is 2.